The molecular formula is C20H24N2O3. The number of rotatable bonds is 5. The molecule has 0 unspecified atom stereocenters. The number of carbonyl (C=O) groups is 1. The van der Waals surface area contributed by atoms with Gasteiger partial charge in [0.2, 0.25) is 5.91 Å². The molecule has 0 saturated carbocycles. The summed E-state index contributed by atoms with van der Waals surface area (Å²) in [5, 5.41) is 19.2. The van der Waals surface area contributed by atoms with E-state index in [1.807, 2.05) is 12.1 Å². The summed E-state index contributed by atoms with van der Waals surface area (Å²) in [7, 11) is 1.45. The van der Waals surface area contributed by atoms with E-state index in [-0.39, 0.29) is 31.1 Å². The number of methoxy groups -OCH3 is 1. The Labute approximate surface area is 148 Å². The zero-order chi connectivity index (χ0) is 17.8. The quantitative estimate of drug-likeness (QED) is 0.894. The van der Waals surface area contributed by atoms with Gasteiger partial charge in [0, 0.05) is 13.0 Å². The van der Waals surface area contributed by atoms with Crippen LogP contribution in [0.15, 0.2) is 30.3 Å². The number of amides is 1. The number of hydrogen-bond acceptors (Lipinski definition) is 4. The molecular weight excluding hydrogens is 316 g/mol. The lowest BCUT2D eigenvalue weighted by Crippen LogP contribution is -2.65. The lowest BCUT2D eigenvalue weighted by molar-refractivity contribution is -0.150. The first-order valence-corrected chi connectivity index (χ1v) is 8.81. The Bertz CT molecular complexity index is 690. The molecule has 1 aliphatic heterocycles. The predicted molar refractivity (Wildman–Crippen MR) is 94.6 cm³/mol. The summed E-state index contributed by atoms with van der Waals surface area (Å²) in [4.78, 5) is 13.6. The van der Waals surface area contributed by atoms with Crippen LogP contribution in [0, 0.1) is 11.3 Å². The van der Waals surface area contributed by atoms with Gasteiger partial charge in [-0.3, -0.25) is 4.79 Å². The number of aliphatic hydroxyl groups excluding tert-OH is 1. The number of allylic oxidation sites excluding steroid dienone is 2. The standard InChI is InChI=1S/C20H24N2O3/c1-25-13-19(24)22-17(11-21)20(18(22)12-23)16-9-7-15(8-10-16)14-5-3-2-4-6-14/h5,7-10,17-18,20,23H,2-4,6,12-13H2,1H3/t17-,18+,20+/m0/s1. The first kappa shape index (κ1) is 17.7. The van der Waals surface area contributed by atoms with Crippen LogP contribution in [0.1, 0.15) is 42.7 Å². The summed E-state index contributed by atoms with van der Waals surface area (Å²) in [6, 6.07) is 9.53. The molecule has 1 aromatic carbocycles. The van der Waals surface area contributed by atoms with E-state index in [0.29, 0.717) is 0 Å². The lowest BCUT2D eigenvalue weighted by Gasteiger charge is -2.51. The Morgan fingerprint density at radius 1 is 1.36 bits per heavy atom. The molecule has 1 amide bonds. The van der Waals surface area contributed by atoms with Crippen LogP contribution in [0.5, 0.6) is 0 Å². The van der Waals surface area contributed by atoms with Crippen molar-refractivity contribution in [3.05, 3.63) is 41.5 Å². The monoisotopic (exact) mass is 340 g/mol. The highest BCUT2D eigenvalue weighted by Gasteiger charge is 2.51. The van der Waals surface area contributed by atoms with Gasteiger partial charge in [0.15, 0.2) is 0 Å². The number of carbonyl (C=O) groups excluding carboxylic acids is 1. The Morgan fingerprint density at radius 3 is 2.68 bits per heavy atom. The summed E-state index contributed by atoms with van der Waals surface area (Å²) in [6.07, 6.45) is 7.05. The van der Waals surface area contributed by atoms with Gasteiger partial charge in [-0.25, -0.2) is 0 Å². The van der Waals surface area contributed by atoms with E-state index in [0.717, 1.165) is 18.4 Å². The summed E-state index contributed by atoms with van der Waals surface area (Å²) in [5.41, 5.74) is 3.61. The van der Waals surface area contributed by atoms with Crippen LogP contribution in [0.2, 0.25) is 0 Å². The minimum Gasteiger partial charge on any atom is -0.394 e. The van der Waals surface area contributed by atoms with Gasteiger partial charge >= 0.3 is 0 Å². The fourth-order valence-corrected chi connectivity index (χ4v) is 3.97. The van der Waals surface area contributed by atoms with Crippen LogP contribution in [0.4, 0.5) is 0 Å². The third-order valence-electron chi connectivity index (χ3n) is 5.24. The van der Waals surface area contributed by atoms with E-state index < -0.39 is 6.04 Å². The van der Waals surface area contributed by atoms with Crippen LogP contribution in [-0.4, -0.2) is 48.3 Å². The molecule has 1 aromatic rings. The van der Waals surface area contributed by atoms with Gasteiger partial charge in [-0.2, -0.15) is 5.26 Å². The number of ether oxygens (including phenoxy) is 1. The van der Waals surface area contributed by atoms with Crippen molar-refractivity contribution in [2.24, 2.45) is 0 Å². The first-order chi connectivity index (χ1) is 12.2. The molecule has 0 radical (unpaired) electrons. The van der Waals surface area contributed by atoms with Crippen LogP contribution in [0.25, 0.3) is 5.57 Å². The molecule has 0 bridgehead atoms. The van der Waals surface area contributed by atoms with Crippen LogP contribution in [0.3, 0.4) is 0 Å². The molecule has 3 rings (SSSR count). The zero-order valence-corrected chi connectivity index (χ0v) is 14.5. The molecule has 1 saturated heterocycles. The van der Waals surface area contributed by atoms with Crippen molar-refractivity contribution in [3.63, 3.8) is 0 Å². The normalized spacial score (nSPS) is 25.7. The van der Waals surface area contributed by atoms with Gasteiger partial charge in [-0.05, 0) is 42.4 Å². The summed E-state index contributed by atoms with van der Waals surface area (Å²) in [5.74, 6) is -0.418. The van der Waals surface area contributed by atoms with E-state index >= 15 is 0 Å². The Balaban J connectivity index is 1.79. The Hall–Kier alpha value is -2.16. The second-order valence-corrected chi connectivity index (χ2v) is 6.68. The minimum atomic E-state index is -0.556. The van der Waals surface area contributed by atoms with Crippen molar-refractivity contribution in [1.29, 1.82) is 5.26 Å². The lowest BCUT2D eigenvalue weighted by atomic mass is 9.75. The van der Waals surface area contributed by atoms with Crippen molar-refractivity contribution in [3.8, 4) is 6.07 Å². The maximum atomic E-state index is 12.1. The molecule has 1 heterocycles. The first-order valence-electron chi connectivity index (χ1n) is 8.81. The fourth-order valence-electron chi connectivity index (χ4n) is 3.97. The molecule has 1 aliphatic carbocycles. The highest BCUT2D eigenvalue weighted by Crippen LogP contribution is 2.41. The number of nitrogens with zero attached hydrogens (tertiary/aromatic N) is 2. The molecule has 1 N–H and O–H groups in total. The van der Waals surface area contributed by atoms with E-state index in [9.17, 15) is 15.2 Å². The van der Waals surface area contributed by atoms with Crippen molar-refractivity contribution in [1.82, 2.24) is 4.90 Å². The molecule has 0 spiro atoms. The van der Waals surface area contributed by atoms with E-state index in [2.05, 4.69) is 24.3 Å². The molecule has 5 heteroatoms. The van der Waals surface area contributed by atoms with E-state index in [4.69, 9.17) is 4.74 Å². The third kappa shape index (κ3) is 3.33. The predicted octanol–water partition coefficient (Wildman–Crippen LogP) is 2.47. The largest absolute Gasteiger partial charge is 0.394 e. The van der Waals surface area contributed by atoms with Crippen LogP contribution >= 0.6 is 0 Å². The molecule has 2 aliphatic rings. The van der Waals surface area contributed by atoms with E-state index in [1.165, 1.54) is 36.0 Å². The summed E-state index contributed by atoms with van der Waals surface area (Å²) in [6.45, 7) is -0.236. The second kappa shape index (κ2) is 7.81. The smallest absolute Gasteiger partial charge is 0.249 e. The van der Waals surface area contributed by atoms with Crippen LogP contribution < -0.4 is 0 Å². The Morgan fingerprint density at radius 2 is 2.12 bits per heavy atom. The fraction of sp³-hybridized carbons (Fsp3) is 0.500. The van der Waals surface area contributed by atoms with Gasteiger partial charge in [0.25, 0.3) is 0 Å². The summed E-state index contributed by atoms with van der Waals surface area (Å²) < 4.78 is 4.88. The van der Waals surface area contributed by atoms with Crippen molar-refractivity contribution in [2.45, 2.75) is 43.7 Å². The number of hydrogen-bond donors (Lipinski definition) is 1. The highest BCUT2D eigenvalue weighted by atomic mass is 16.5. The molecule has 25 heavy (non-hydrogen) atoms. The summed E-state index contributed by atoms with van der Waals surface area (Å²) >= 11 is 0. The molecule has 132 valence electrons. The van der Waals surface area contributed by atoms with Crippen molar-refractivity contribution >= 4 is 11.5 Å². The maximum Gasteiger partial charge on any atom is 0.249 e. The Kier molecular flexibility index (Phi) is 5.52. The molecule has 3 atom stereocenters. The van der Waals surface area contributed by atoms with Gasteiger partial charge < -0.3 is 14.7 Å². The van der Waals surface area contributed by atoms with E-state index in [1.54, 1.807) is 0 Å². The minimum absolute atomic E-state index is 0.0749. The molecule has 0 aromatic heterocycles. The maximum absolute atomic E-state index is 12.1. The molecule has 5 nitrogen and oxygen atoms in total. The van der Waals surface area contributed by atoms with Crippen molar-refractivity contribution < 1.29 is 14.6 Å². The van der Waals surface area contributed by atoms with Gasteiger partial charge in [0.05, 0.1) is 18.7 Å². The third-order valence-corrected chi connectivity index (χ3v) is 5.24. The number of likely N-dealkylation sites (tertiary alicyclic amines) is 1. The number of nitriles is 1. The van der Waals surface area contributed by atoms with Crippen molar-refractivity contribution in [2.75, 3.05) is 20.3 Å². The highest BCUT2D eigenvalue weighted by molar-refractivity contribution is 5.80. The topological polar surface area (TPSA) is 73.6 Å². The SMILES string of the molecule is COCC(=O)N1[C@H](CO)[C@H](c2ccc(C3=CCCCC3)cc2)[C@@H]1C#N. The number of aliphatic hydroxyl groups is 1. The van der Waals surface area contributed by atoms with Crippen LogP contribution in [-0.2, 0) is 9.53 Å². The van der Waals surface area contributed by atoms with Gasteiger partial charge in [0.1, 0.15) is 12.6 Å². The van der Waals surface area contributed by atoms with Gasteiger partial charge in [-0.1, -0.05) is 30.3 Å². The average Bonchev–Trinajstić information content (AvgIpc) is 2.63. The second-order valence-electron chi connectivity index (χ2n) is 6.68. The van der Waals surface area contributed by atoms with Gasteiger partial charge in [-0.15, -0.1) is 0 Å². The number of benzene rings is 1. The average molecular weight is 340 g/mol. The zero-order valence-electron chi connectivity index (χ0n) is 14.5. The molecule has 1 fully saturated rings.